The van der Waals surface area contributed by atoms with E-state index in [-0.39, 0.29) is 34.6 Å². The number of hydrogen-bond acceptors (Lipinski definition) is 4. The number of thioether (sulfide) groups is 1. The molecule has 1 heterocycles. The summed E-state index contributed by atoms with van der Waals surface area (Å²) < 4.78 is 23.6. The first-order chi connectivity index (χ1) is 11.3. The largest absolute Gasteiger partial charge is 0.338 e. The second kappa shape index (κ2) is 8.39. The number of amides is 1. The van der Waals surface area contributed by atoms with E-state index in [1.165, 1.54) is 0 Å². The van der Waals surface area contributed by atoms with Gasteiger partial charge in [0.25, 0.3) is 0 Å². The van der Waals surface area contributed by atoms with E-state index >= 15 is 0 Å². The number of benzene rings is 1. The Labute approximate surface area is 149 Å². The molecule has 0 unspecified atom stereocenters. The summed E-state index contributed by atoms with van der Waals surface area (Å²) >= 11 is 1.58. The average Bonchev–Trinajstić information content (AvgIpc) is 2.90. The molecule has 4 nitrogen and oxygen atoms in total. The van der Waals surface area contributed by atoms with Crippen molar-refractivity contribution in [2.45, 2.75) is 49.8 Å². The van der Waals surface area contributed by atoms with Gasteiger partial charge in [-0.2, -0.15) is 0 Å². The molecule has 1 fully saturated rings. The minimum atomic E-state index is -3.00. The molecule has 1 saturated heterocycles. The Bertz CT molecular complexity index is 643. The number of sulfone groups is 1. The van der Waals surface area contributed by atoms with Crippen LogP contribution >= 0.6 is 11.8 Å². The van der Waals surface area contributed by atoms with Crippen molar-refractivity contribution >= 4 is 27.5 Å². The van der Waals surface area contributed by atoms with Gasteiger partial charge in [-0.15, -0.1) is 11.8 Å². The zero-order chi connectivity index (χ0) is 17.7. The third-order valence-corrected chi connectivity index (χ3v) is 7.55. The number of rotatable bonds is 7. The highest BCUT2D eigenvalue weighted by atomic mass is 32.2. The van der Waals surface area contributed by atoms with Gasteiger partial charge in [0, 0.05) is 17.5 Å². The van der Waals surface area contributed by atoms with Crippen molar-refractivity contribution in [3.63, 3.8) is 0 Å². The van der Waals surface area contributed by atoms with Gasteiger partial charge in [-0.1, -0.05) is 39.0 Å². The molecule has 0 aliphatic carbocycles. The van der Waals surface area contributed by atoms with Crippen molar-refractivity contribution in [3.05, 3.63) is 30.3 Å². The van der Waals surface area contributed by atoms with Gasteiger partial charge in [-0.05, 0) is 30.9 Å². The maximum atomic E-state index is 13.2. The second-order valence-corrected chi connectivity index (χ2v) is 10.1. The van der Waals surface area contributed by atoms with Gasteiger partial charge in [0.2, 0.25) is 5.91 Å². The van der Waals surface area contributed by atoms with Gasteiger partial charge < -0.3 is 4.90 Å². The zero-order valence-corrected chi connectivity index (χ0v) is 16.3. The van der Waals surface area contributed by atoms with E-state index in [2.05, 4.69) is 0 Å². The van der Waals surface area contributed by atoms with E-state index in [4.69, 9.17) is 0 Å². The fourth-order valence-corrected chi connectivity index (χ4v) is 5.86. The summed E-state index contributed by atoms with van der Waals surface area (Å²) in [5.74, 6) is 0.561. The molecule has 0 saturated carbocycles. The molecule has 0 aromatic heterocycles. The van der Waals surface area contributed by atoms with E-state index < -0.39 is 9.84 Å². The monoisotopic (exact) mass is 369 g/mol. The van der Waals surface area contributed by atoms with E-state index in [1.807, 2.05) is 56.0 Å². The number of nitrogens with zero attached hydrogens (tertiary/aromatic N) is 1. The maximum absolute atomic E-state index is 13.2. The molecule has 134 valence electrons. The molecule has 0 N–H and O–H groups in total. The van der Waals surface area contributed by atoms with Crippen LogP contribution in [0.1, 0.15) is 33.6 Å². The van der Waals surface area contributed by atoms with Gasteiger partial charge in [-0.3, -0.25) is 4.79 Å². The average molecular weight is 370 g/mol. The van der Waals surface area contributed by atoms with Crippen molar-refractivity contribution in [2.24, 2.45) is 5.92 Å². The summed E-state index contributed by atoms with van der Waals surface area (Å²) in [6, 6.07) is 9.76. The molecular weight excluding hydrogens is 342 g/mol. The van der Waals surface area contributed by atoms with Gasteiger partial charge in [0.15, 0.2) is 9.84 Å². The first-order valence-electron chi connectivity index (χ1n) is 8.56. The Morgan fingerprint density at radius 2 is 1.96 bits per heavy atom. The zero-order valence-electron chi connectivity index (χ0n) is 14.6. The van der Waals surface area contributed by atoms with Crippen LogP contribution in [0.5, 0.6) is 0 Å². The van der Waals surface area contributed by atoms with Crippen molar-refractivity contribution in [2.75, 3.05) is 18.1 Å². The molecule has 0 spiro atoms. The molecule has 2 rings (SSSR count). The SMILES string of the molecule is CCCN(C(=O)[C@@H](Sc1ccccc1)C(C)C)[C@@H]1CCS(=O)(=O)C1. The number of hydrogen-bond donors (Lipinski definition) is 0. The first-order valence-corrected chi connectivity index (χ1v) is 11.3. The van der Waals surface area contributed by atoms with E-state index in [0.29, 0.717) is 13.0 Å². The summed E-state index contributed by atoms with van der Waals surface area (Å²) in [6.45, 7) is 6.75. The highest BCUT2D eigenvalue weighted by Gasteiger charge is 2.37. The van der Waals surface area contributed by atoms with Crippen LogP contribution in [0.2, 0.25) is 0 Å². The van der Waals surface area contributed by atoms with Gasteiger partial charge in [0.05, 0.1) is 16.8 Å². The molecule has 1 aliphatic heterocycles. The van der Waals surface area contributed by atoms with Crippen molar-refractivity contribution in [1.29, 1.82) is 0 Å². The summed E-state index contributed by atoms with van der Waals surface area (Å²) in [5.41, 5.74) is 0. The van der Waals surface area contributed by atoms with E-state index in [9.17, 15) is 13.2 Å². The number of carbonyl (C=O) groups is 1. The molecular formula is C18H27NO3S2. The van der Waals surface area contributed by atoms with Gasteiger partial charge in [-0.25, -0.2) is 8.42 Å². The maximum Gasteiger partial charge on any atom is 0.236 e. The predicted molar refractivity (Wildman–Crippen MR) is 100.0 cm³/mol. The molecule has 0 bridgehead atoms. The highest BCUT2D eigenvalue weighted by molar-refractivity contribution is 8.00. The third-order valence-electron chi connectivity index (χ3n) is 4.25. The lowest BCUT2D eigenvalue weighted by Crippen LogP contribution is -2.47. The predicted octanol–water partition coefficient (Wildman–Crippen LogP) is 3.23. The van der Waals surface area contributed by atoms with Crippen LogP contribution in [0.4, 0.5) is 0 Å². The van der Waals surface area contributed by atoms with Crippen molar-refractivity contribution in [3.8, 4) is 0 Å². The topological polar surface area (TPSA) is 54.5 Å². The van der Waals surface area contributed by atoms with Crippen molar-refractivity contribution in [1.82, 2.24) is 4.90 Å². The highest BCUT2D eigenvalue weighted by Crippen LogP contribution is 2.31. The Morgan fingerprint density at radius 1 is 1.29 bits per heavy atom. The van der Waals surface area contributed by atoms with Crippen LogP contribution in [-0.2, 0) is 14.6 Å². The van der Waals surface area contributed by atoms with Crippen LogP contribution < -0.4 is 0 Å². The molecule has 24 heavy (non-hydrogen) atoms. The Kier molecular flexibility index (Phi) is 6.75. The molecule has 0 radical (unpaired) electrons. The number of carbonyl (C=O) groups excluding carboxylic acids is 1. The van der Waals surface area contributed by atoms with Crippen LogP contribution in [0.25, 0.3) is 0 Å². The standard InChI is InChI=1S/C18H27NO3S2/c1-4-11-19(15-10-12-24(21,22)13-15)18(20)17(14(2)3)23-16-8-6-5-7-9-16/h5-9,14-15,17H,4,10-13H2,1-3H3/t15-,17+/m1/s1. The molecule has 2 atom stereocenters. The van der Waals surface area contributed by atoms with Crippen LogP contribution in [0, 0.1) is 5.92 Å². The van der Waals surface area contributed by atoms with E-state index in [1.54, 1.807) is 11.8 Å². The molecule has 1 amide bonds. The normalized spacial score (nSPS) is 20.9. The quantitative estimate of drug-likeness (QED) is 0.693. The lowest BCUT2D eigenvalue weighted by molar-refractivity contribution is -0.133. The smallest absolute Gasteiger partial charge is 0.236 e. The molecule has 1 aromatic rings. The second-order valence-electron chi connectivity index (χ2n) is 6.68. The fraction of sp³-hybridized carbons (Fsp3) is 0.611. The van der Waals surface area contributed by atoms with Crippen molar-refractivity contribution < 1.29 is 13.2 Å². The molecule has 1 aromatic carbocycles. The minimum Gasteiger partial charge on any atom is -0.338 e. The first kappa shape index (κ1) is 19.3. The molecule has 1 aliphatic rings. The van der Waals surface area contributed by atoms with Crippen LogP contribution in [0.3, 0.4) is 0 Å². The Hall–Kier alpha value is -1.01. The fourth-order valence-electron chi connectivity index (χ4n) is 3.02. The van der Waals surface area contributed by atoms with Crippen LogP contribution in [0.15, 0.2) is 35.2 Å². The lowest BCUT2D eigenvalue weighted by Gasteiger charge is -2.32. The van der Waals surface area contributed by atoms with E-state index in [0.717, 1.165) is 11.3 Å². The summed E-state index contributed by atoms with van der Waals surface area (Å²) in [6.07, 6.45) is 1.40. The third kappa shape index (κ3) is 4.99. The Balaban J connectivity index is 2.18. The lowest BCUT2D eigenvalue weighted by atomic mass is 10.1. The Morgan fingerprint density at radius 3 is 2.46 bits per heavy atom. The molecule has 6 heteroatoms. The summed E-state index contributed by atoms with van der Waals surface area (Å²) in [4.78, 5) is 16.1. The summed E-state index contributed by atoms with van der Waals surface area (Å²) in [7, 11) is -3.00. The minimum absolute atomic E-state index is 0.0720. The summed E-state index contributed by atoms with van der Waals surface area (Å²) in [5, 5.41) is -0.192. The van der Waals surface area contributed by atoms with Gasteiger partial charge >= 0.3 is 0 Å². The van der Waals surface area contributed by atoms with Gasteiger partial charge in [0.1, 0.15) is 0 Å². The van der Waals surface area contributed by atoms with Crippen LogP contribution in [-0.4, -0.2) is 48.6 Å².